The van der Waals surface area contributed by atoms with Crippen molar-refractivity contribution in [1.29, 1.82) is 0 Å². The van der Waals surface area contributed by atoms with Gasteiger partial charge in [-0.3, -0.25) is 9.52 Å². The SMILES string of the molecule is C=S1(=O)NC(=O)c2ccc3c(c2)N(C[C@@H]2CC[C@H]2[C@@](O)(c2nccn2C)/C=C/C[C@H](C)[C@H]1C)C[C@@]1(CCCc2cc(Cl)ccc21)CO3. The molecule has 2 aliphatic heterocycles. The summed E-state index contributed by atoms with van der Waals surface area (Å²) in [6.07, 6.45) is 12.9. The Morgan fingerprint density at radius 2 is 2.02 bits per heavy atom. The molecule has 47 heavy (non-hydrogen) atoms. The molecule has 1 fully saturated rings. The minimum Gasteiger partial charge on any atom is -0.490 e. The zero-order valence-electron chi connectivity index (χ0n) is 27.5. The second-order valence-corrected chi connectivity index (χ2v) is 17.2. The van der Waals surface area contributed by atoms with Crippen LogP contribution in [0.1, 0.15) is 73.3 Å². The number of hydrogen-bond donors (Lipinski definition) is 2. The van der Waals surface area contributed by atoms with Gasteiger partial charge < -0.3 is 19.3 Å². The van der Waals surface area contributed by atoms with Crippen LogP contribution in [-0.2, 0) is 34.2 Å². The van der Waals surface area contributed by atoms with E-state index in [-0.39, 0.29) is 23.2 Å². The maximum atomic E-state index is 13.9. The van der Waals surface area contributed by atoms with E-state index in [4.69, 9.17) is 16.3 Å². The molecular weight excluding hydrogens is 632 g/mol. The van der Waals surface area contributed by atoms with Crippen LogP contribution in [0.4, 0.5) is 5.69 Å². The fraction of sp³-hybridized carbons (Fsp3) is 0.486. The van der Waals surface area contributed by atoms with Crippen molar-refractivity contribution in [2.75, 3.05) is 24.6 Å². The molecule has 250 valence electrons. The lowest BCUT2D eigenvalue weighted by Gasteiger charge is -2.48. The summed E-state index contributed by atoms with van der Waals surface area (Å²) < 4.78 is 25.2. The summed E-state index contributed by atoms with van der Waals surface area (Å²) in [6, 6.07) is 11.7. The largest absolute Gasteiger partial charge is 0.490 e. The molecule has 1 spiro atoms. The number of rotatable bonds is 1. The van der Waals surface area contributed by atoms with Crippen molar-refractivity contribution >= 4 is 38.8 Å². The number of benzene rings is 2. The van der Waals surface area contributed by atoms with Crippen molar-refractivity contribution < 1.29 is 18.8 Å². The normalized spacial score (nSPS) is 34.7. The molecule has 1 amide bonds. The first-order chi connectivity index (χ1) is 22.4. The first-order valence-corrected chi connectivity index (χ1v) is 18.9. The zero-order chi connectivity index (χ0) is 33.1. The highest BCUT2D eigenvalue weighted by Gasteiger charge is 2.50. The molecule has 3 heterocycles. The molecule has 7 rings (SSSR count). The van der Waals surface area contributed by atoms with Gasteiger partial charge in [-0.1, -0.05) is 30.7 Å². The molecule has 1 unspecified atom stereocenters. The van der Waals surface area contributed by atoms with Crippen LogP contribution in [0.2, 0.25) is 5.02 Å². The number of ether oxygens (including phenoxy) is 1. The average molecular weight is 677 g/mol. The van der Waals surface area contributed by atoms with Gasteiger partial charge in [0.1, 0.15) is 17.2 Å². The third-order valence-electron chi connectivity index (χ3n) is 11.5. The van der Waals surface area contributed by atoms with Gasteiger partial charge in [-0.2, -0.15) is 0 Å². The maximum Gasteiger partial charge on any atom is 0.262 e. The van der Waals surface area contributed by atoms with Gasteiger partial charge in [0.25, 0.3) is 5.91 Å². The second-order valence-electron chi connectivity index (χ2n) is 14.4. The molecule has 2 bridgehead atoms. The summed E-state index contributed by atoms with van der Waals surface area (Å²) in [5.74, 6) is 4.96. The standard InChI is InChI=1S/C37H45ClN4O4S/c1-24-7-5-16-37(44,35-39-17-18-41(35)3)31-12-9-28(31)21-42-22-36(15-6-8-26-19-29(38)11-13-30(26)36)23-46-33-14-10-27(20-32(33)42)34(43)40-47(4,45)25(24)2/h5,10-11,13-14,16-20,24-25,28,31,44H,4,6-9,12,15,21-23H2,1-3H3,(H,40,43,45)/b16-5+/t24-,25+,28-,31+,36-,37+,47?/m0/s1. The number of imidazole rings is 1. The van der Waals surface area contributed by atoms with E-state index in [0.717, 1.165) is 42.8 Å². The number of nitrogens with one attached hydrogen (secondary N) is 1. The highest BCUT2D eigenvalue weighted by molar-refractivity contribution is 7.99. The summed E-state index contributed by atoms with van der Waals surface area (Å²) in [5, 5.41) is 12.9. The molecule has 1 aromatic heterocycles. The van der Waals surface area contributed by atoms with Crippen LogP contribution in [-0.4, -0.2) is 55.6 Å². The number of allylic oxidation sites excluding steroid dienone is 1. The molecule has 4 aliphatic rings. The van der Waals surface area contributed by atoms with E-state index in [1.807, 2.05) is 62.0 Å². The van der Waals surface area contributed by atoms with Gasteiger partial charge >= 0.3 is 0 Å². The van der Waals surface area contributed by atoms with Gasteiger partial charge in [-0.25, -0.2) is 9.19 Å². The number of aliphatic hydroxyl groups is 1. The number of aromatic nitrogens is 2. The number of halogens is 1. The Morgan fingerprint density at radius 1 is 1.19 bits per heavy atom. The lowest BCUT2D eigenvalue weighted by molar-refractivity contribution is -0.0577. The molecule has 1 saturated carbocycles. The summed E-state index contributed by atoms with van der Waals surface area (Å²) >= 11 is 6.45. The van der Waals surface area contributed by atoms with E-state index >= 15 is 0 Å². The van der Waals surface area contributed by atoms with E-state index in [1.54, 1.807) is 12.3 Å². The molecular formula is C37H45ClN4O4S. The highest BCUT2D eigenvalue weighted by atomic mass is 35.5. The molecule has 0 saturated heterocycles. The lowest BCUT2D eigenvalue weighted by atomic mass is 9.63. The number of anilines is 1. The van der Waals surface area contributed by atoms with Crippen molar-refractivity contribution in [2.45, 2.75) is 68.6 Å². The Kier molecular flexibility index (Phi) is 8.25. The van der Waals surface area contributed by atoms with Crippen molar-refractivity contribution in [3.63, 3.8) is 0 Å². The predicted octanol–water partition coefficient (Wildman–Crippen LogP) is 5.81. The number of nitrogens with zero attached hydrogens (tertiary/aromatic N) is 3. The zero-order valence-corrected chi connectivity index (χ0v) is 29.0. The number of aryl methyl sites for hydroxylation is 2. The van der Waals surface area contributed by atoms with Crippen LogP contribution >= 0.6 is 11.6 Å². The van der Waals surface area contributed by atoms with Crippen LogP contribution in [0.15, 0.2) is 60.9 Å². The smallest absolute Gasteiger partial charge is 0.262 e. The Balaban J connectivity index is 1.35. The quantitative estimate of drug-likeness (QED) is 0.250. The lowest BCUT2D eigenvalue weighted by Crippen LogP contribution is -2.52. The third-order valence-corrected chi connectivity index (χ3v) is 13.9. The van der Waals surface area contributed by atoms with Gasteiger partial charge in [-0.15, -0.1) is 0 Å². The molecule has 8 nitrogen and oxygen atoms in total. The van der Waals surface area contributed by atoms with Crippen molar-refractivity contribution in [2.24, 2.45) is 24.8 Å². The summed E-state index contributed by atoms with van der Waals surface area (Å²) in [7, 11) is -1.07. The van der Waals surface area contributed by atoms with Crippen LogP contribution in [0.3, 0.4) is 0 Å². The summed E-state index contributed by atoms with van der Waals surface area (Å²) in [6.45, 7) is 5.75. The third kappa shape index (κ3) is 5.68. The predicted molar refractivity (Wildman–Crippen MR) is 189 cm³/mol. The van der Waals surface area contributed by atoms with Gasteiger partial charge in [0.15, 0.2) is 0 Å². The Bertz CT molecular complexity index is 1840. The fourth-order valence-corrected chi connectivity index (χ4v) is 10.0. The fourth-order valence-electron chi connectivity index (χ4n) is 8.36. The van der Waals surface area contributed by atoms with Gasteiger partial charge in [-0.05, 0) is 111 Å². The van der Waals surface area contributed by atoms with E-state index in [0.29, 0.717) is 43.3 Å². The Morgan fingerprint density at radius 3 is 2.77 bits per heavy atom. The molecule has 0 radical (unpaired) electrons. The topological polar surface area (TPSA) is 96.7 Å². The molecule has 10 heteroatoms. The molecule has 2 aliphatic carbocycles. The summed E-state index contributed by atoms with van der Waals surface area (Å²) in [4.78, 5) is 20.7. The van der Waals surface area contributed by atoms with Gasteiger partial charge in [0.2, 0.25) is 0 Å². The maximum absolute atomic E-state index is 13.9. The first-order valence-electron chi connectivity index (χ1n) is 16.8. The number of hydrogen-bond acceptors (Lipinski definition) is 6. The number of fused-ring (bicyclic) bond motifs is 4. The monoisotopic (exact) mass is 676 g/mol. The van der Waals surface area contributed by atoms with Gasteiger partial charge in [0, 0.05) is 59.7 Å². The first kappa shape index (κ1) is 32.3. The van der Waals surface area contributed by atoms with E-state index < -0.39 is 26.5 Å². The Labute approximate surface area is 283 Å². The molecule has 7 atom stereocenters. The second kappa shape index (κ2) is 12.0. The van der Waals surface area contributed by atoms with Crippen molar-refractivity contribution in [3.8, 4) is 5.75 Å². The molecule has 3 aromatic rings. The van der Waals surface area contributed by atoms with Crippen LogP contribution in [0.25, 0.3) is 0 Å². The van der Waals surface area contributed by atoms with Crippen LogP contribution in [0.5, 0.6) is 5.75 Å². The van der Waals surface area contributed by atoms with Crippen LogP contribution in [0, 0.1) is 17.8 Å². The van der Waals surface area contributed by atoms with E-state index in [1.165, 1.54) is 11.1 Å². The molecule has 2 N–H and O–H groups in total. The Hall–Kier alpha value is -3.27. The number of carbonyl (C=O) groups excluding carboxylic acids is 1. The number of amides is 1. The highest BCUT2D eigenvalue weighted by Crippen LogP contribution is 2.50. The summed E-state index contributed by atoms with van der Waals surface area (Å²) in [5.41, 5.74) is 2.23. The van der Waals surface area contributed by atoms with E-state index in [9.17, 15) is 14.1 Å². The average Bonchev–Trinajstić information content (AvgIpc) is 3.40. The van der Waals surface area contributed by atoms with Crippen molar-refractivity contribution in [1.82, 2.24) is 14.3 Å². The van der Waals surface area contributed by atoms with Crippen LogP contribution < -0.4 is 14.4 Å². The van der Waals surface area contributed by atoms with E-state index in [2.05, 4.69) is 32.6 Å². The van der Waals surface area contributed by atoms with Crippen molar-refractivity contribution in [3.05, 3.63) is 88.5 Å². The number of carbonyl (C=O) groups is 1. The van der Waals surface area contributed by atoms with Gasteiger partial charge in [0.05, 0.1) is 22.0 Å². The minimum absolute atomic E-state index is 0.0624. The minimum atomic E-state index is -2.99. The molecule has 2 aromatic carbocycles.